The number of amides is 1. The van der Waals surface area contributed by atoms with Gasteiger partial charge in [-0.05, 0) is 43.2 Å². The summed E-state index contributed by atoms with van der Waals surface area (Å²) in [5.41, 5.74) is 3.73. The molecule has 134 valence electrons. The van der Waals surface area contributed by atoms with Crippen LogP contribution in [0, 0.1) is 25.6 Å². The lowest BCUT2D eigenvalue weighted by molar-refractivity contribution is -0.115. The van der Waals surface area contributed by atoms with Crippen molar-refractivity contribution in [2.24, 2.45) is 7.05 Å². The second kappa shape index (κ2) is 7.07. The van der Waals surface area contributed by atoms with E-state index in [-0.39, 0.29) is 23.7 Å². The number of para-hydroxylation sites is 1. The zero-order chi connectivity index (χ0) is 18.8. The first-order valence-electron chi connectivity index (χ1n) is 8.20. The van der Waals surface area contributed by atoms with Crippen molar-refractivity contribution in [3.63, 3.8) is 0 Å². The minimum absolute atomic E-state index is 0.109. The van der Waals surface area contributed by atoms with Gasteiger partial charge in [-0.3, -0.25) is 4.79 Å². The molecule has 0 aliphatic carbocycles. The average Bonchev–Trinajstić information content (AvgIpc) is 2.82. The van der Waals surface area contributed by atoms with E-state index in [0.717, 1.165) is 21.4 Å². The number of hydrogen-bond donors (Lipinski definition) is 1. The van der Waals surface area contributed by atoms with Crippen LogP contribution in [0.2, 0.25) is 0 Å². The van der Waals surface area contributed by atoms with Crippen molar-refractivity contribution in [3.8, 4) is 11.1 Å². The first-order valence-corrected chi connectivity index (χ1v) is 8.20. The molecule has 3 aromatic rings. The van der Waals surface area contributed by atoms with Gasteiger partial charge in [0.25, 0.3) is 0 Å². The standard InChI is InChI=1S/C20H19F2N3O/c1-12-10-14(21)8-9-15(12)16-6-4-5-7-18(16)23-19(26)11-17-13(2)24-25(3)20(17)22/h4-10H,11H2,1-3H3,(H,23,26). The minimum atomic E-state index is -0.514. The fourth-order valence-electron chi connectivity index (χ4n) is 2.99. The van der Waals surface area contributed by atoms with Gasteiger partial charge in [0, 0.05) is 23.9 Å². The van der Waals surface area contributed by atoms with Gasteiger partial charge in [0.2, 0.25) is 11.9 Å². The van der Waals surface area contributed by atoms with Crippen LogP contribution in [0.1, 0.15) is 16.8 Å². The van der Waals surface area contributed by atoms with E-state index < -0.39 is 5.95 Å². The van der Waals surface area contributed by atoms with Gasteiger partial charge in [0.1, 0.15) is 5.82 Å². The summed E-state index contributed by atoms with van der Waals surface area (Å²) < 4.78 is 28.5. The Kier molecular flexibility index (Phi) is 4.84. The van der Waals surface area contributed by atoms with Crippen LogP contribution in [0.3, 0.4) is 0 Å². The predicted molar refractivity (Wildman–Crippen MR) is 96.8 cm³/mol. The third-order valence-corrected chi connectivity index (χ3v) is 4.29. The molecule has 1 N–H and O–H groups in total. The van der Waals surface area contributed by atoms with Gasteiger partial charge in [-0.15, -0.1) is 0 Å². The van der Waals surface area contributed by atoms with Crippen LogP contribution in [-0.4, -0.2) is 15.7 Å². The number of halogens is 2. The van der Waals surface area contributed by atoms with Gasteiger partial charge in [-0.2, -0.15) is 9.49 Å². The summed E-state index contributed by atoms with van der Waals surface area (Å²) >= 11 is 0. The van der Waals surface area contributed by atoms with Crippen LogP contribution in [0.5, 0.6) is 0 Å². The van der Waals surface area contributed by atoms with Crippen molar-refractivity contribution < 1.29 is 13.6 Å². The largest absolute Gasteiger partial charge is 0.325 e. The fourth-order valence-corrected chi connectivity index (χ4v) is 2.99. The Bertz CT molecular complexity index is 979. The quantitative estimate of drug-likeness (QED) is 0.764. The molecular formula is C20H19F2N3O. The van der Waals surface area contributed by atoms with Gasteiger partial charge < -0.3 is 5.32 Å². The second-order valence-corrected chi connectivity index (χ2v) is 6.21. The maximum absolute atomic E-state index is 14.0. The molecule has 2 aromatic carbocycles. The molecule has 1 amide bonds. The zero-order valence-corrected chi connectivity index (χ0v) is 14.8. The Morgan fingerprint density at radius 3 is 2.50 bits per heavy atom. The second-order valence-electron chi connectivity index (χ2n) is 6.21. The van der Waals surface area contributed by atoms with Crippen LogP contribution >= 0.6 is 0 Å². The van der Waals surface area contributed by atoms with Crippen molar-refractivity contribution in [2.75, 3.05) is 5.32 Å². The molecule has 26 heavy (non-hydrogen) atoms. The monoisotopic (exact) mass is 355 g/mol. The van der Waals surface area contributed by atoms with Crippen LogP contribution < -0.4 is 5.32 Å². The molecule has 0 radical (unpaired) electrons. The lowest BCUT2D eigenvalue weighted by Crippen LogP contribution is -2.16. The number of rotatable bonds is 4. The summed E-state index contributed by atoms with van der Waals surface area (Å²) in [5, 5.41) is 6.81. The predicted octanol–water partition coefficient (Wildman–Crippen LogP) is 4.16. The van der Waals surface area contributed by atoms with Crippen molar-refractivity contribution >= 4 is 11.6 Å². The number of nitrogens with one attached hydrogen (secondary N) is 1. The summed E-state index contributed by atoms with van der Waals surface area (Å²) in [6.45, 7) is 3.48. The Balaban J connectivity index is 1.88. The summed E-state index contributed by atoms with van der Waals surface area (Å²) in [7, 11) is 1.50. The van der Waals surface area contributed by atoms with Crippen LogP contribution in [0.15, 0.2) is 42.5 Å². The van der Waals surface area contributed by atoms with Gasteiger partial charge in [-0.25, -0.2) is 9.07 Å². The molecular weight excluding hydrogens is 336 g/mol. The van der Waals surface area contributed by atoms with E-state index in [0.29, 0.717) is 11.4 Å². The smallest absolute Gasteiger partial charge is 0.229 e. The highest BCUT2D eigenvalue weighted by atomic mass is 19.1. The SMILES string of the molecule is Cc1cc(F)ccc1-c1ccccc1NC(=O)Cc1c(C)nn(C)c1F. The average molecular weight is 355 g/mol. The topological polar surface area (TPSA) is 46.9 Å². The fraction of sp³-hybridized carbons (Fsp3) is 0.200. The first-order chi connectivity index (χ1) is 12.4. The van der Waals surface area contributed by atoms with Crippen LogP contribution in [-0.2, 0) is 18.3 Å². The van der Waals surface area contributed by atoms with Crippen molar-refractivity contribution in [1.29, 1.82) is 0 Å². The van der Waals surface area contributed by atoms with Crippen LogP contribution in [0.25, 0.3) is 11.1 Å². The molecule has 4 nitrogen and oxygen atoms in total. The van der Waals surface area contributed by atoms with Gasteiger partial charge in [0.15, 0.2) is 0 Å². The maximum atomic E-state index is 14.0. The van der Waals surface area contributed by atoms with Crippen molar-refractivity contribution in [3.05, 3.63) is 71.1 Å². The molecule has 0 bridgehead atoms. The van der Waals surface area contributed by atoms with Gasteiger partial charge in [-0.1, -0.05) is 24.3 Å². The first kappa shape index (κ1) is 17.8. The highest BCUT2D eigenvalue weighted by molar-refractivity contribution is 5.97. The van der Waals surface area contributed by atoms with E-state index in [4.69, 9.17) is 0 Å². The zero-order valence-electron chi connectivity index (χ0n) is 14.8. The molecule has 1 heterocycles. The summed E-state index contributed by atoms with van der Waals surface area (Å²) in [5.74, 6) is -1.16. The van der Waals surface area contributed by atoms with Gasteiger partial charge in [0.05, 0.1) is 12.1 Å². The number of nitrogens with zero attached hydrogens (tertiary/aromatic N) is 2. The molecule has 3 rings (SSSR count). The number of hydrogen-bond acceptors (Lipinski definition) is 2. The number of benzene rings is 2. The summed E-state index contributed by atoms with van der Waals surface area (Å²) in [4.78, 5) is 12.4. The minimum Gasteiger partial charge on any atom is -0.325 e. The van der Waals surface area contributed by atoms with E-state index >= 15 is 0 Å². The molecule has 0 spiro atoms. The Morgan fingerprint density at radius 2 is 1.85 bits per heavy atom. The molecule has 0 unspecified atom stereocenters. The normalized spacial score (nSPS) is 10.8. The molecule has 0 aliphatic rings. The maximum Gasteiger partial charge on any atom is 0.229 e. The Labute approximate surface area is 150 Å². The molecule has 0 fully saturated rings. The lowest BCUT2D eigenvalue weighted by Gasteiger charge is -2.13. The molecule has 0 saturated heterocycles. The van der Waals surface area contributed by atoms with E-state index in [2.05, 4.69) is 10.4 Å². The number of carbonyl (C=O) groups excluding carboxylic acids is 1. The van der Waals surface area contributed by atoms with E-state index in [9.17, 15) is 13.6 Å². The Morgan fingerprint density at radius 1 is 1.12 bits per heavy atom. The number of aryl methyl sites for hydroxylation is 3. The number of aromatic nitrogens is 2. The van der Waals surface area contributed by atoms with E-state index in [1.807, 2.05) is 19.1 Å². The summed E-state index contributed by atoms with van der Waals surface area (Å²) in [6, 6.07) is 11.8. The number of anilines is 1. The lowest BCUT2D eigenvalue weighted by atomic mass is 9.98. The Hall–Kier alpha value is -3.02. The highest BCUT2D eigenvalue weighted by Crippen LogP contribution is 2.31. The summed E-state index contributed by atoms with van der Waals surface area (Å²) in [6.07, 6.45) is -0.109. The third-order valence-electron chi connectivity index (χ3n) is 4.29. The van der Waals surface area contributed by atoms with Crippen molar-refractivity contribution in [2.45, 2.75) is 20.3 Å². The molecule has 0 aliphatic heterocycles. The van der Waals surface area contributed by atoms with Gasteiger partial charge >= 0.3 is 0 Å². The molecule has 1 aromatic heterocycles. The number of carbonyl (C=O) groups is 1. The van der Waals surface area contributed by atoms with Crippen molar-refractivity contribution in [1.82, 2.24) is 9.78 Å². The van der Waals surface area contributed by atoms with E-state index in [1.165, 1.54) is 19.2 Å². The molecule has 0 saturated carbocycles. The highest BCUT2D eigenvalue weighted by Gasteiger charge is 2.17. The van der Waals surface area contributed by atoms with Crippen LogP contribution in [0.4, 0.5) is 14.5 Å². The molecule has 6 heteroatoms. The third kappa shape index (κ3) is 3.49. The molecule has 0 atom stereocenters. The van der Waals surface area contributed by atoms with E-state index in [1.54, 1.807) is 25.1 Å².